The number of rotatable bonds is 11. The second kappa shape index (κ2) is 19.6. The fourth-order valence-corrected chi connectivity index (χ4v) is 9.06. The normalized spacial score (nSPS) is 45.4. The lowest BCUT2D eigenvalue weighted by Gasteiger charge is -2.51. The van der Waals surface area contributed by atoms with Crippen LogP contribution in [0, 0.1) is 17.8 Å². The van der Waals surface area contributed by atoms with Crippen LogP contribution in [0.5, 0.6) is 0 Å². The number of nitrogens with zero attached hydrogens (tertiary/aromatic N) is 3. The number of likely N-dealkylation sites (N-methyl/N-ethyl adjacent to an activating group) is 2. The Kier molecular flexibility index (Phi) is 16.4. The number of alkyl carbamates (subject to hydrolysis) is 1. The first-order valence-corrected chi connectivity index (χ1v) is 20.4. The van der Waals surface area contributed by atoms with E-state index in [1.807, 2.05) is 79.5 Å². The summed E-state index contributed by atoms with van der Waals surface area (Å²) in [5.74, 6) is -2.07. The van der Waals surface area contributed by atoms with E-state index >= 15 is 0 Å². The quantitative estimate of drug-likeness (QED) is 0.260. The molecule has 0 aromatic heterocycles. The first-order chi connectivity index (χ1) is 26.1. The van der Waals surface area contributed by atoms with Crippen LogP contribution in [0.25, 0.3) is 0 Å². The highest BCUT2D eigenvalue weighted by Gasteiger charge is 2.54. The van der Waals surface area contributed by atoms with Gasteiger partial charge in [-0.15, -0.1) is 0 Å². The summed E-state index contributed by atoms with van der Waals surface area (Å²) < 4.78 is 50.9. The van der Waals surface area contributed by atoms with Crippen LogP contribution in [-0.4, -0.2) is 190 Å². The van der Waals surface area contributed by atoms with E-state index in [-0.39, 0.29) is 36.6 Å². The molecule has 5 saturated heterocycles. The molecule has 0 aromatic carbocycles. The number of carbonyl (C=O) groups is 2. The predicted octanol–water partition coefficient (Wildman–Crippen LogP) is 2.07. The molecule has 0 aliphatic carbocycles. The van der Waals surface area contributed by atoms with E-state index in [4.69, 9.17) is 37.9 Å². The Balaban J connectivity index is 1.71. The molecule has 0 saturated carbocycles. The molecule has 5 aliphatic heterocycles. The molecule has 16 atom stereocenters. The first-order valence-electron chi connectivity index (χ1n) is 20.4. The van der Waals surface area contributed by atoms with Gasteiger partial charge in [-0.25, -0.2) is 4.79 Å². The summed E-state index contributed by atoms with van der Waals surface area (Å²) in [6.45, 7) is 17.3. The third-order valence-electron chi connectivity index (χ3n) is 12.8. The summed E-state index contributed by atoms with van der Waals surface area (Å²) in [5, 5.41) is 26.1. The first kappa shape index (κ1) is 47.0. The smallest absolute Gasteiger partial charge is 0.407 e. The highest BCUT2D eigenvalue weighted by atomic mass is 16.7. The van der Waals surface area contributed by atoms with Crippen LogP contribution >= 0.6 is 0 Å². The number of amides is 1. The molecule has 2 bridgehead atoms. The van der Waals surface area contributed by atoms with Gasteiger partial charge < -0.3 is 63.2 Å². The Morgan fingerprint density at radius 3 is 2.12 bits per heavy atom. The lowest BCUT2D eigenvalue weighted by atomic mass is 9.76. The van der Waals surface area contributed by atoms with Gasteiger partial charge in [-0.1, -0.05) is 13.8 Å². The van der Waals surface area contributed by atoms with Crippen LogP contribution in [0.3, 0.4) is 0 Å². The van der Waals surface area contributed by atoms with Crippen LogP contribution in [-0.2, 0) is 42.7 Å². The Morgan fingerprint density at radius 1 is 0.911 bits per heavy atom. The number of aliphatic hydroxyl groups excluding tert-OH is 2. The Hall–Kier alpha value is -1.70. The van der Waals surface area contributed by atoms with Gasteiger partial charge in [-0.3, -0.25) is 9.69 Å². The molecular weight excluding hydrogens is 728 g/mol. The number of ether oxygens (including phenoxy) is 8. The van der Waals surface area contributed by atoms with Crippen molar-refractivity contribution in [1.82, 2.24) is 20.0 Å². The monoisotopic (exact) mass is 803 g/mol. The number of aliphatic hydroxyl groups is 2. The summed E-state index contributed by atoms with van der Waals surface area (Å²) in [6, 6.07) is -0.416. The lowest BCUT2D eigenvalue weighted by Crippen LogP contribution is -2.63. The van der Waals surface area contributed by atoms with Crippen molar-refractivity contribution in [2.75, 3.05) is 68.6 Å². The van der Waals surface area contributed by atoms with Crippen LogP contribution in [0.2, 0.25) is 0 Å². The molecule has 5 fully saturated rings. The average Bonchev–Trinajstić information content (AvgIpc) is 3.11. The third-order valence-corrected chi connectivity index (χ3v) is 12.8. The van der Waals surface area contributed by atoms with E-state index < -0.39 is 84.3 Å². The molecule has 0 radical (unpaired) electrons. The fourth-order valence-electron chi connectivity index (χ4n) is 9.06. The molecular formula is C40H74N4O12. The Bertz CT molecular complexity index is 1280. The average molecular weight is 803 g/mol. The standard InChI is InChI=1S/C40H74N4O12/c1-22-18-39(7,49-13)34(55-37-32(46)29(43(11)12)17-23(2)51-37)24(3)33(25(4)36(47)53-28-20-44(21-28)26(5)31(22)45)54-30-19-40(8,50-14)35(27(6)52-30)56-38(48)41-15-16-42(9)10/h22-35,37,45-46H,15-21H2,1-14H3,(H,41,48)/t22-,23-,24+,25-,26+,27+,29+,30+,31+,32-,33+,34-,35+,37+,39+,40-/m1/s1. The minimum absolute atomic E-state index is 0.173. The van der Waals surface area contributed by atoms with Crippen molar-refractivity contribution in [3.63, 3.8) is 0 Å². The second-order valence-electron chi connectivity index (χ2n) is 17.9. The highest BCUT2D eigenvalue weighted by molar-refractivity contribution is 5.73. The van der Waals surface area contributed by atoms with Crippen molar-refractivity contribution in [2.24, 2.45) is 17.8 Å². The van der Waals surface area contributed by atoms with Gasteiger partial charge in [0, 0.05) is 64.8 Å². The molecule has 3 N–H and O–H groups in total. The molecule has 5 aliphatic rings. The van der Waals surface area contributed by atoms with Gasteiger partial charge in [0.2, 0.25) is 0 Å². The van der Waals surface area contributed by atoms with Crippen LogP contribution in [0.4, 0.5) is 4.79 Å². The molecule has 5 heterocycles. The van der Waals surface area contributed by atoms with Gasteiger partial charge >= 0.3 is 12.1 Å². The molecule has 0 spiro atoms. The number of esters is 1. The summed E-state index contributed by atoms with van der Waals surface area (Å²) >= 11 is 0. The number of hydrogen-bond donors (Lipinski definition) is 3. The molecule has 0 unspecified atom stereocenters. The third kappa shape index (κ3) is 10.9. The molecule has 1 amide bonds. The lowest BCUT2D eigenvalue weighted by molar-refractivity contribution is -0.319. The van der Waals surface area contributed by atoms with Crippen molar-refractivity contribution < 1.29 is 57.7 Å². The molecule has 326 valence electrons. The Morgan fingerprint density at radius 2 is 1.54 bits per heavy atom. The van der Waals surface area contributed by atoms with Gasteiger partial charge in [0.1, 0.15) is 17.8 Å². The van der Waals surface area contributed by atoms with Crippen molar-refractivity contribution in [3.05, 3.63) is 0 Å². The van der Waals surface area contributed by atoms with Gasteiger partial charge in [-0.2, -0.15) is 0 Å². The maximum atomic E-state index is 14.1. The molecule has 56 heavy (non-hydrogen) atoms. The number of fused-ring (bicyclic) bond motifs is 10. The van der Waals surface area contributed by atoms with E-state index in [0.717, 1.165) is 0 Å². The van der Waals surface area contributed by atoms with E-state index in [0.29, 0.717) is 39.0 Å². The van der Waals surface area contributed by atoms with Crippen LogP contribution < -0.4 is 5.32 Å². The van der Waals surface area contributed by atoms with Gasteiger partial charge in [0.25, 0.3) is 0 Å². The van der Waals surface area contributed by atoms with Crippen molar-refractivity contribution in [3.8, 4) is 0 Å². The largest absolute Gasteiger partial charge is 0.459 e. The summed E-state index contributed by atoms with van der Waals surface area (Å²) in [7, 11) is 10.8. The number of carbonyl (C=O) groups excluding carboxylic acids is 2. The maximum absolute atomic E-state index is 14.1. The van der Waals surface area contributed by atoms with Crippen molar-refractivity contribution in [1.29, 1.82) is 0 Å². The van der Waals surface area contributed by atoms with Crippen LogP contribution in [0.15, 0.2) is 0 Å². The van der Waals surface area contributed by atoms with Crippen molar-refractivity contribution >= 4 is 12.1 Å². The summed E-state index contributed by atoms with van der Waals surface area (Å²) in [4.78, 5) is 33.0. The topological polar surface area (TPSA) is 170 Å². The maximum Gasteiger partial charge on any atom is 0.407 e. The zero-order valence-corrected chi connectivity index (χ0v) is 36.4. The highest BCUT2D eigenvalue weighted by Crippen LogP contribution is 2.42. The summed E-state index contributed by atoms with van der Waals surface area (Å²) in [6.07, 6.45) is -6.69. The number of methoxy groups -OCH3 is 2. The molecule has 5 rings (SSSR count). The predicted molar refractivity (Wildman–Crippen MR) is 208 cm³/mol. The van der Waals surface area contributed by atoms with Gasteiger partial charge in [0.15, 0.2) is 18.7 Å². The number of nitrogens with one attached hydrogen (secondary N) is 1. The molecule has 16 heteroatoms. The SMILES string of the molecule is CO[C@]1(C)C[C@H](O[C@H]2[C@H](C)[C@@H](O[C@@H]3O[C@H](C)C[C@H](N(C)C)[C@H]3O)[C@@](C)(OC)C[C@@H](C)[C@H](O)[C@H](C)N3CC(C3)OC(=O)[C@@H]2C)O[C@@H](C)[C@@H]1OC(=O)NCCN(C)C. The fraction of sp³-hybridized carbons (Fsp3) is 0.950. The summed E-state index contributed by atoms with van der Waals surface area (Å²) in [5.41, 5.74) is -2.08. The van der Waals surface area contributed by atoms with Gasteiger partial charge in [-0.05, 0) is 88.5 Å². The van der Waals surface area contributed by atoms with E-state index in [1.54, 1.807) is 28.1 Å². The second-order valence-corrected chi connectivity index (χ2v) is 17.9. The number of hydrogen-bond acceptors (Lipinski definition) is 15. The zero-order valence-electron chi connectivity index (χ0n) is 36.4. The van der Waals surface area contributed by atoms with E-state index in [9.17, 15) is 19.8 Å². The molecule has 0 aromatic rings. The molecule has 16 nitrogen and oxygen atoms in total. The minimum Gasteiger partial charge on any atom is -0.459 e. The van der Waals surface area contributed by atoms with Crippen LogP contribution in [0.1, 0.15) is 74.7 Å². The minimum atomic E-state index is -1.07. The van der Waals surface area contributed by atoms with Crippen molar-refractivity contribution in [2.45, 2.75) is 159 Å². The van der Waals surface area contributed by atoms with Gasteiger partial charge in [0.05, 0.1) is 42.0 Å². The zero-order chi connectivity index (χ0) is 41.9. The Labute approximate surface area is 335 Å². The van der Waals surface area contributed by atoms with E-state index in [1.165, 1.54) is 0 Å². The van der Waals surface area contributed by atoms with E-state index in [2.05, 4.69) is 10.2 Å².